The average Bonchev–Trinajstić information content (AvgIpc) is 2.01. The third-order valence-corrected chi connectivity index (χ3v) is 1.21. The molecule has 60 valence electrons. The van der Waals surface area contributed by atoms with Crippen LogP contribution < -0.4 is 5.73 Å². The molecule has 0 saturated heterocycles. The molecule has 0 fully saturated rings. The first-order valence-corrected chi connectivity index (χ1v) is 3.41. The van der Waals surface area contributed by atoms with Crippen LogP contribution in [0.5, 0.6) is 0 Å². The van der Waals surface area contributed by atoms with E-state index in [-0.39, 0.29) is 0 Å². The molecule has 0 spiro atoms. The first-order valence-electron chi connectivity index (χ1n) is 3.41. The molecule has 0 aliphatic heterocycles. The van der Waals surface area contributed by atoms with Crippen molar-refractivity contribution in [2.45, 2.75) is 6.92 Å². The molecule has 0 radical (unpaired) electrons. The normalized spacial score (nSPS) is 8.42. The van der Waals surface area contributed by atoms with E-state index in [1.165, 1.54) is 0 Å². The van der Waals surface area contributed by atoms with Gasteiger partial charge in [0, 0.05) is 23.9 Å². The van der Waals surface area contributed by atoms with Crippen molar-refractivity contribution in [2.24, 2.45) is 5.73 Å². The molecule has 1 aromatic heterocycles. The minimum atomic E-state index is -0.628. The summed E-state index contributed by atoms with van der Waals surface area (Å²) in [6.45, 7) is 1.91. The number of amides is 1. The minimum Gasteiger partial charge on any atom is -0.359 e. The first-order chi connectivity index (χ1) is 5.68. The summed E-state index contributed by atoms with van der Waals surface area (Å²) in [4.78, 5) is 14.2. The minimum absolute atomic E-state index is 0.628. The van der Waals surface area contributed by atoms with Crippen LogP contribution in [-0.2, 0) is 4.79 Å². The molecule has 0 bridgehead atoms. The van der Waals surface area contributed by atoms with Crippen LogP contribution in [0, 0.1) is 18.8 Å². The van der Waals surface area contributed by atoms with Crippen molar-refractivity contribution in [3.05, 3.63) is 29.6 Å². The maximum Gasteiger partial charge on any atom is 0.293 e. The van der Waals surface area contributed by atoms with E-state index >= 15 is 0 Å². The van der Waals surface area contributed by atoms with Crippen LogP contribution in [0.1, 0.15) is 11.1 Å². The highest BCUT2D eigenvalue weighted by Crippen LogP contribution is 1.98. The maximum atomic E-state index is 10.3. The van der Waals surface area contributed by atoms with E-state index in [9.17, 15) is 4.79 Å². The van der Waals surface area contributed by atoms with Crippen LogP contribution in [0.25, 0.3) is 0 Å². The number of pyridine rings is 1. The number of primary amides is 1. The zero-order chi connectivity index (χ0) is 8.97. The second kappa shape index (κ2) is 3.54. The predicted molar refractivity (Wildman–Crippen MR) is 45.0 cm³/mol. The Morgan fingerprint density at radius 1 is 1.58 bits per heavy atom. The van der Waals surface area contributed by atoms with Crippen LogP contribution in [0.4, 0.5) is 0 Å². The zero-order valence-electron chi connectivity index (χ0n) is 6.66. The van der Waals surface area contributed by atoms with Crippen LogP contribution >= 0.6 is 0 Å². The monoisotopic (exact) mass is 160 g/mol. The fourth-order valence-electron chi connectivity index (χ4n) is 0.757. The molecule has 0 aromatic carbocycles. The lowest BCUT2D eigenvalue weighted by Crippen LogP contribution is -2.06. The number of hydrogen-bond donors (Lipinski definition) is 1. The summed E-state index contributed by atoms with van der Waals surface area (Å²) < 4.78 is 0. The van der Waals surface area contributed by atoms with Gasteiger partial charge in [-0.15, -0.1) is 0 Å². The second-order valence-corrected chi connectivity index (χ2v) is 2.37. The summed E-state index contributed by atoms with van der Waals surface area (Å²) in [6, 6.07) is 1.84. The second-order valence-electron chi connectivity index (χ2n) is 2.37. The fourth-order valence-corrected chi connectivity index (χ4v) is 0.757. The SMILES string of the molecule is Cc1cncc(C#CC(N)=O)c1. The molecule has 2 N–H and O–H groups in total. The Morgan fingerprint density at radius 2 is 2.33 bits per heavy atom. The van der Waals surface area contributed by atoms with Crippen LogP contribution in [0.2, 0.25) is 0 Å². The van der Waals surface area contributed by atoms with Gasteiger partial charge in [0.15, 0.2) is 0 Å². The van der Waals surface area contributed by atoms with Crippen molar-refractivity contribution < 1.29 is 4.79 Å². The number of rotatable bonds is 0. The predicted octanol–water partition coefficient (Wildman–Crippen LogP) is 0.227. The van der Waals surface area contributed by atoms with Crippen molar-refractivity contribution in [3.63, 3.8) is 0 Å². The molecule has 0 aliphatic rings. The van der Waals surface area contributed by atoms with Crippen molar-refractivity contribution in [1.82, 2.24) is 4.98 Å². The quantitative estimate of drug-likeness (QED) is 0.552. The van der Waals surface area contributed by atoms with Gasteiger partial charge in [-0.3, -0.25) is 9.78 Å². The lowest BCUT2D eigenvalue weighted by molar-refractivity contribution is -0.112. The molecule has 0 unspecified atom stereocenters. The van der Waals surface area contributed by atoms with E-state index in [0.717, 1.165) is 5.56 Å². The molecule has 0 aliphatic carbocycles. The fraction of sp³-hybridized carbons (Fsp3) is 0.111. The third-order valence-electron chi connectivity index (χ3n) is 1.21. The molecule has 1 heterocycles. The first kappa shape index (κ1) is 8.28. The molecule has 0 atom stereocenters. The number of carbonyl (C=O) groups excluding carboxylic acids is 1. The average molecular weight is 160 g/mol. The van der Waals surface area contributed by atoms with Gasteiger partial charge in [-0.05, 0) is 18.6 Å². The molecular formula is C9H8N2O. The van der Waals surface area contributed by atoms with E-state index in [0.29, 0.717) is 5.56 Å². The highest BCUT2D eigenvalue weighted by Gasteiger charge is 1.88. The van der Waals surface area contributed by atoms with E-state index in [1.807, 2.05) is 13.0 Å². The molecule has 0 saturated carbocycles. The van der Waals surface area contributed by atoms with Crippen LogP contribution in [0.15, 0.2) is 18.5 Å². The summed E-state index contributed by atoms with van der Waals surface area (Å²) in [5.74, 6) is 4.21. The standard InChI is InChI=1S/C9H8N2O/c1-7-4-8(6-11-5-7)2-3-9(10)12/h4-6H,1H3,(H2,10,12). The lowest BCUT2D eigenvalue weighted by atomic mass is 10.2. The Hall–Kier alpha value is -1.82. The highest BCUT2D eigenvalue weighted by atomic mass is 16.1. The Bertz CT molecular complexity index is 360. The Labute approximate surface area is 70.6 Å². The van der Waals surface area contributed by atoms with Gasteiger partial charge in [-0.2, -0.15) is 0 Å². The number of nitrogens with two attached hydrogens (primary N) is 1. The van der Waals surface area contributed by atoms with E-state index in [1.54, 1.807) is 12.4 Å². The Balaban J connectivity index is 2.92. The summed E-state index contributed by atoms with van der Waals surface area (Å²) in [7, 11) is 0. The molecule has 3 heteroatoms. The van der Waals surface area contributed by atoms with E-state index < -0.39 is 5.91 Å². The number of carbonyl (C=O) groups is 1. The summed E-state index contributed by atoms with van der Waals surface area (Å²) in [5, 5.41) is 0. The van der Waals surface area contributed by atoms with E-state index in [2.05, 4.69) is 16.8 Å². The molecule has 1 amide bonds. The number of hydrogen-bond acceptors (Lipinski definition) is 2. The van der Waals surface area contributed by atoms with Crippen molar-refractivity contribution >= 4 is 5.91 Å². The van der Waals surface area contributed by atoms with Crippen molar-refractivity contribution in [3.8, 4) is 11.8 Å². The van der Waals surface area contributed by atoms with E-state index in [4.69, 9.17) is 5.73 Å². The van der Waals surface area contributed by atoms with Crippen LogP contribution in [0.3, 0.4) is 0 Å². The Morgan fingerprint density at radius 3 is 2.92 bits per heavy atom. The van der Waals surface area contributed by atoms with Gasteiger partial charge in [0.25, 0.3) is 5.91 Å². The highest BCUT2D eigenvalue weighted by molar-refractivity contribution is 5.92. The maximum absolute atomic E-state index is 10.3. The molecular weight excluding hydrogens is 152 g/mol. The summed E-state index contributed by atoms with van der Waals surface area (Å²) in [5.41, 5.74) is 6.55. The molecule has 12 heavy (non-hydrogen) atoms. The van der Waals surface area contributed by atoms with Gasteiger partial charge in [0.2, 0.25) is 0 Å². The van der Waals surface area contributed by atoms with Gasteiger partial charge in [-0.1, -0.05) is 5.92 Å². The van der Waals surface area contributed by atoms with Gasteiger partial charge in [0.05, 0.1) is 0 Å². The molecule has 1 aromatic rings. The summed E-state index contributed by atoms with van der Waals surface area (Å²) >= 11 is 0. The third kappa shape index (κ3) is 2.43. The number of aromatic nitrogens is 1. The van der Waals surface area contributed by atoms with Gasteiger partial charge < -0.3 is 5.73 Å². The number of aryl methyl sites for hydroxylation is 1. The van der Waals surface area contributed by atoms with Crippen molar-refractivity contribution in [2.75, 3.05) is 0 Å². The largest absolute Gasteiger partial charge is 0.359 e. The smallest absolute Gasteiger partial charge is 0.293 e. The van der Waals surface area contributed by atoms with Gasteiger partial charge in [0.1, 0.15) is 0 Å². The molecule has 1 rings (SSSR count). The topological polar surface area (TPSA) is 56.0 Å². The zero-order valence-corrected chi connectivity index (χ0v) is 6.66. The van der Waals surface area contributed by atoms with Gasteiger partial charge in [-0.25, -0.2) is 0 Å². The summed E-state index contributed by atoms with van der Waals surface area (Å²) in [6.07, 6.45) is 3.30. The lowest BCUT2D eigenvalue weighted by Gasteiger charge is -1.90. The van der Waals surface area contributed by atoms with Crippen molar-refractivity contribution in [1.29, 1.82) is 0 Å². The van der Waals surface area contributed by atoms with Crippen LogP contribution in [-0.4, -0.2) is 10.9 Å². The Kier molecular flexibility index (Phi) is 2.44. The van der Waals surface area contributed by atoms with Gasteiger partial charge >= 0.3 is 0 Å². The number of nitrogens with zero attached hydrogens (tertiary/aromatic N) is 1. The molecule has 3 nitrogen and oxygen atoms in total.